The lowest BCUT2D eigenvalue weighted by atomic mass is 9.82. The predicted molar refractivity (Wildman–Crippen MR) is 118 cm³/mol. The van der Waals surface area contributed by atoms with Crippen LogP contribution < -0.4 is 0 Å². The molecule has 0 fully saturated rings. The van der Waals surface area contributed by atoms with Gasteiger partial charge >= 0.3 is 0 Å². The highest BCUT2D eigenvalue weighted by Crippen LogP contribution is 2.28. The molecule has 0 radical (unpaired) electrons. The van der Waals surface area contributed by atoms with Crippen molar-refractivity contribution in [2.75, 3.05) is 28.2 Å². The first kappa shape index (κ1) is 25.5. The third-order valence-corrected chi connectivity index (χ3v) is 4.84. The maximum Gasteiger partial charge on any atom is 0.0712 e. The second kappa shape index (κ2) is 10.7. The molecule has 2 heteroatoms. The van der Waals surface area contributed by atoms with E-state index in [0.717, 1.165) is 12.8 Å². The van der Waals surface area contributed by atoms with Crippen LogP contribution >= 0.6 is 0 Å². The van der Waals surface area contributed by atoms with Gasteiger partial charge in [-0.1, -0.05) is 67.2 Å². The highest BCUT2D eigenvalue weighted by Gasteiger charge is 2.21. The molecule has 0 aromatic rings. The maximum atomic E-state index is 3.62. The molecule has 0 N–H and O–H groups in total. The predicted octanol–water partition coefficient (Wildman–Crippen LogP) is 5.78. The summed E-state index contributed by atoms with van der Waals surface area (Å²) in [5.74, 6) is 8.62. The van der Waals surface area contributed by atoms with Crippen molar-refractivity contribution in [3.63, 3.8) is 0 Å². The number of rotatable bonds is 8. The summed E-state index contributed by atoms with van der Waals surface area (Å²) >= 11 is 0. The zero-order valence-electron chi connectivity index (χ0n) is 20.0. The lowest BCUT2D eigenvalue weighted by molar-refractivity contribution is 0.241. The number of hydrogen-bond acceptors (Lipinski definition) is 2. The Bertz CT molecular complexity index is 400. The van der Waals surface area contributed by atoms with Gasteiger partial charge in [0.05, 0.1) is 12.1 Å². The maximum absolute atomic E-state index is 3.62. The van der Waals surface area contributed by atoms with E-state index in [1.165, 1.54) is 12.8 Å². The first-order valence-electron chi connectivity index (χ1n) is 10.4. The Morgan fingerprint density at radius 1 is 0.615 bits per heavy atom. The molecule has 0 rings (SSSR count). The summed E-state index contributed by atoms with van der Waals surface area (Å²) in [7, 11) is 8.65. The van der Waals surface area contributed by atoms with Crippen LogP contribution in [0, 0.1) is 34.5 Å². The first-order valence-corrected chi connectivity index (χ1v) is 10.4. The first-order chi connectivity index (χ1) is 11.6. The normalized spacial score (nSPS) is 17.6. The summed E-state index contributed by atoms with van der Waals surface area (Å²) < 4.78 is 0. The molecule has 154 valence electrons. The lowest BCUT2D eigenvalue weighted by Crippen LogP contribution is -2.32. The molecule has 0 aromatic carbocycles. The average molecular weight is 365 g/mol. The zero-order chi connectivity index (χ0) is 20.7. The van der Waals surface area contributed by atoms with E-state index in [4.69, 9.17) is 0 Å². The van der Waals surface area contributed by atoms with Crippen molar-refractivity contribution in [2.45, 2.75) is 93.2 Å². The number of hydrogen-bond donors (Lipinski definition) is 0. The van der Waals surface area contributed by atoms with E-state index in [0.29, 0.717) is 34.7 Å². The highest BCUT2D eigenvalue weighted by atomic mass is 15.1. The molecule has 0 unspecified atom stereocenters. The Labute approximate surface area is 166 Å². The molecule has 26 heavy (non-hydrogen) atoms. The SMILES string of the molecule is C[C@H](C[C@@H](C#C[C@@H](C[C@@H](C)CC(C)(C)C)N(C)C)N(C)C)CC(C)(C)C. The van der Waals surface area contributed by atoms with Crippen LogP contribution in [0.4, 0.5) is 0 Å². The van der Waals surface area contributed by atoms with Crippen LogP contribution in [0.1, 0.15) is 81.1 Å². The van der Waals surface area contributed by atoms with Gasteiger partial charge in [-0.05, 0) is 76.5 Å². The minimum atomic E-state index is 0.340. The molecule has 0 aliphatic rings. The van der Waals surface area contributed by atoms with Crippen molar-refractivity contribution in [1.82, 2.24) is 9.80 Å². The highest BCUT2D eigenvalue weighted by molar-refractivity contribution is 5.14. The van der Waals surface area contributed by atoms with Crippen LogP contribution in [0.15, 0.2) is 0 Å². The number of nitrogens with zero attached hydrogens (tertiary/aromatic N) is 2. The van der Waals surface area contributed by atoms with Crippen molar-refractivity contribution in [1.29, 1.82) is 0 Å². The van der Waals surface area contributed by atoms with E-state index >= 15 is 0 Å². The molecular formula is C24H48N2. The lowest BCUT2D eigenvalue weighted by Gasteiger charge is -2.29. The van der Waals surface area contributed by atoms with Gasteiger partial charge in [-0.25, -0.2) is 0 Å². The third kappa shape index (κ3) is 12.8. The van der Waals surface area contributed by atoms with E-state index in [-0.39, 0.29) is 0 Å². The molecule has 0 aliphatic carbocycles. The minimum Gasteiger partial charge on any atom is -0.296 e. The molecule has 0 saturated carbocycles. The van der Waals surface area contributed by atoms with E-state index in [1.807, 2.05) is 0 Å². The monoisotopic (exact) mass is 364 g/mol. The van der Waals surface area contributed by atoms with Crippen molar-refractivity contribution < 1.29 is 0 Å². The quantitative estimate of drug-likeness (QED) is 0.504. The van der Waals surface area contributed by atoms with Gasteiger partial charge in [-0.3, -0.25) is 9.80 Å². The van der Waals surface area contributed by atoms with Gasteiger partial charge in [-0.15, -0.1) is 0 Å². The van der Waals surface area contributed by atoms with E-state index < -0.39 is 0 Å². The fourth-order valence-electron chi connectivity index (χ4n) is 4.01. The Morgan fingerprint density at radius 3 is 1.08 bits per heavy atom. The molecule has 0 aromatic heterocycles. The van der Waals surface area contributed by atoms with Gasteiger partial charge in [0.1, 0.15) is 0 Å². The molecule has 0 heterocycles. The van der Waals surface area contributed by atoms with E-state index in [1.54, 1.807) is 0 Å². The van der Waals surface area contributed by atoms with E-state index in [2.05, 4.69) is 105 Å². The molecule has 0 bridgehead atoms. The molecule has 0 saturated heterocycles. The summed E-state index contributed by atoms with van der Waals surface area (Å²) in [5, 5.41) is 0. The summed E-state index contributed by atoms with van der Waals surface area (Å²) in [6.45, 7) is 18.7. The summed E-state index contributed by atoms with van der Waals surface area (Å²) in [6, 6.07) is 0.681. The smallest absolute Gasteiger partial charge is 0.0712 e. The molecule has 2 nitrogen and oxygen atoms in total. The van der Waals surface area contributed by atoms with Crippen LogP contribution in [0.5, 0.6) is 0 Å². The summed E-state index contributed by atoms with van der Waals surface area (Å²) in [5.41, 5.74) is 0.774. The molecule has 0 aliphatic heterocycles. The van der Waals surface area contributed by atoms with Gasteiger partial charge in [0, 0.05) is 0 Å². The second-order valence-electron chi connectivity index (χ2n) is 11.5. The zero-order valence-corrected chi connectivity index (χ0v) is 20.0. The Morgan fingerprint density at radius 2 is 0.885 bits per heavy atom. The van der Waals surface area contributed by atoms with Crippen molar-refractivity contribution >= 4 is 0 Å². The largest absolute Gasteiger partial charge is 0.296 e. The molecule has 0 amide bonds. The second-order valence-corrected chi connectivity index (χ2v) is 11.5. The third-order valence-electron chi connectivity index (χ3n) is 4.84. The Hall–Kier alpha value is -0.520. The van der Waals surface area contributed by atoms with Crippen LogP contribution in [0.25, 0.3) is 0 Å². The molecule has 0 spiro atoms. The van der Waals surface area contributed by atoms with Gasteiger partial charge in [0.2, 0.25) is 0 Å². The topological polar surface area (TPSA) is 6.48 Å². The van der Waals surface area contributed by atoms with Gasteiger partial charge in [0.25, 0.3) is 0 Å². The van der Waals surface area contributed by atoms with Crippen molar-refractivity contribution in [2.24, 2.45) is 22.7 Å². The van der Waals surface area contributed by atoms with Crippen LogP contribution in [0.2, 0.25) is 0 Å². The minimum absolute atomic E-state index is 0.340. The van der Waals surface area contributed by atoms with Crippen molar-refractivity contribution in [3.05, 3.63) is 0 Å². The van der Waals surface area contributed by atoms with Gasteiger partial charge in [-0.2, -0.15) is 0 Å². The fraction of sp³-hybridized carbons (Fsp3) is 0.917. The van der Waals surface area contributed by atoms with Crippen LogP contribution in [-0.2, 0) is 0 Å². The van der Waals surface area contributed by atoms with Crippen LogP contribution in [0.3, 0.4) is 0 Å². The Balaban J connectivity index is 5.03. The molecular weight excluding hydrogens is 316 g/mol. The van der Waals surface area contributed by atoms with Gasteiger partial charge < -0.3 is 0 Å². The average Bonchev–Trinajstić information content (AvgIpc) is 2.36. The summed E-state index contributed by atoms with van der Waals surface area (Å²) in [6.07, 6.45) is 4.79. The summed E-state index contributed by atoms with van der Waals surface area (Å²) in [4.78, 5) is 4.58. The van der Waals surface area contributed by atoms with Gasteiger partial charge in [0.15, 0.2) is 0 Å². The van der Waals surface area contributed by atoms with Crippen molar-refractivity contribution in [3.8, 4) is 11.8 Å². The van der Waals surface area contributed by atoms with Crippen LogP contribution in [-0.4, -0.2) is 50.1 Å². The molecule has 4 atom stereocenters. The van der Waals surface area contributed by atoms with E-state index in [9.17, 15) is 0 Å². The fourth-order valence-corrected chi connectivity index (χ4v) is 4.01. The standard InChI is InChI=1S/C24H48N2/c1-19(17-23(3,4)5)15-21(25(9)10)13-14-22(26(11)12)16-20(2)18-24(6,7)8/h19-22H,15-18H2,1-12H3/t19-,20-,21-,22+/m1/s1. The Kier molecular flexibility index (Phi) is 10.5.